The third-order valence-electron chi connectivity index (χ3n) is 6.48. The summed E-state index contributed by atoms with van der Waals surface area (Å²) in [7, 11) is 1.54. The Balaban J connectivity index is 1.71. The van der Waals surface area contributed by atoms with E-state index in [1.165, 1.54) is 18.1 Å². The number of likely N-dealkylation sites (tertiary alicyclic amines) is 1. The van der Waals surface area contributed by atoms with Crippen molar-refractivity contribution in [1.29, 1.82) is 0 Å². The molecule has 0 radical (unpaired) electrons. The average Bonchev–Trinajstić information content (AvgIpc) is 3.15. The second kappa shape index (κ2) is 11.5. The van der Waals surface area contributed by atoms with Crippen molar-refractivity contribution in [2.75, 3.05) is 53.1 Å². The SMILES string of the molecule is CCOc1cc(C2C(=C(O)c3ccc(OC)cc3)C(=O)C(=O)N2CCCN2CCOCC2)ccc1O. The highest BCUT2D eigenvalue weighted by Crippen LogP contribution is 2.42. The van der Waals surface area contributed by atoms with Gasteiger partial charge in [-0.1, -0.05) is 6.07 Å². The maximum Gasteiger partial charge on any atom is 0.295 e. The van der Waals surface area contributed by atoms with Crippen molar-refractivity contribution in [3.05, 3.63) is 59.2 Å². The van der Waals surface area contributed by atoms with Gasteiger partial charge in [0.25, 0.3) is 11.7 Å². The van der Waals surface area contributed by atoms with Crippen molar-refractivity contribution >= 4 is 17.4 Å². The molecule has 9 heteroatoms. The maximum atomic E-state index is 13.2. The third kappa shape index (κ3) is 5.32. The maximum absolute atomic E-state index is 13.2. The van der Waals surface area contributed by atoms with E-state index in [0.717, 1.165) is 19.6 Å². The van der Waals surface area contributed by atoms with E-state index in [0.29, 0.717) is 49.7 Å². The molecule has 2 saturated heterocycles. The van der Waals surface area contributed by atoms with E-state index >= 15 is 0 Å². The molecule has 0 aromatic heterocycles. The lowest BCUT2D eigenvalue weighted by molar-refractivity contribution is -0.140. The number of phenolic OH excluding ortho intramolecular Hbond substituents is 1. The van der Waals surface area contributed by atoms with Crippen LogP contribution in [0.25, 0.3) is 5.76 Å². The molecule has 0 spiro atoms. The van der Waals surface area contributed by atoms with Crippen molar-refractivity contribution in [1.82, 2.24) is 9.80 Å². The summed E-state index contributed by atoms with van der Waals surface area (Å²) < 4.78 is 16.1. The Morgan fingerprint density at radius 2 is 1.81 bits per heavy atom. The normalized spacial score (nSPS) is 20.1. The fraction of sp³-hybridized carbons (Fsp3) is 0.407. The number of phenols is 1. The largest absolute Gasteiger partial charge is 0.507 e. The van der Waals surface area contributed by atoms with Crippen molar-refractivity contribution in [3.8, 4) is 17.2 Å². The summed E-state index contributed by atoms with van der Waals surface area (Å²) in [6.45, 7) is 6.25. The van der Waals surface area contributed by atoms with Crippen LogP contribution in [0.3, 0.4) is 0 Å². The molecule has 1 atom stereocenters. The molecule has 4 rings (SSSR count). The summed E-state index contributed by atoms with van der Waals surface area (Å²) in [5, 5.41) is 21.4. The number of benzene rings is 2. The van der Waals surface area contributed by atoms with Gasteiger partial charge in [0.05, 0.1) is 38.5 Å². The number of aliphatic hydroxyl groups is 1. The number of hydrogen-bond acceptors (Lipinski definition) is 8. The molecular formula is C27H32N2O7. The van der Waals surface area contributed by atoms with Crippen LogP contribution in [-0.2, 0) is 14.3 Å². The molecule has 2 N–H and O–H groups in total. The van der Waals surface area contributed by atoms with Gasteiger partial charge in [-0.3, -0.25) is 14.5 Å². The third-order valence-corrected chi connectivity index (χ3v) is 6.48. The Kier molecular flexibility index (Phi) is 8.12. The number of rotatable bonds is 9. The molecule has 1 amide bonds. The average molecular weight is 497 g/mol. The Labute approximate surface area is 210 Å². The van der Waals surface area contributed by atoms with Crippen molar-refractivity contribution in [2.45, 2.75) is 19.4 Å². The van der Waals surface area contributed by atoms with E-state index in [2.05, 4.69) is 4.90 Å². The monoisotopic (exact) mass is 496 g/mol. The zero-order chi connectivity index (χ0) is 25.7. The number of carbonyl (C=O) groups excluding carboxylic acids is 2. The van der Waals surface area contributed by atoms with Gasteiger partial charge >= 0.3 is 0 Å². The van der Waals surface area contributed by atoms with Gasteiger partial charge in [-0.2, -0.15) is 0 Å². The van der Waals surface area contributed by atoms with Gasteiger partial charge in [0.1, 0.15) is 11.5 Å². The summed E-state index contributed by atoms with van der Waals surface area (Å²) in [6.07, 6.45) is 0.655. The van der Waals surface area contributed by atoms with E-state index in [9.17, 15) is 19.8 Å². The molecule has 2 heterocycles. The molecule has 192 valence electrons. The quantitative estimate of drug-likeness (QED) is 0.310. The van der Waals surface area contributed by atoms with Crippen molar-refractivity contribution < 1.29 is 34.0 Å². The summed E-state index contributed by atoms with van der Waals surface area (Å²) >= 11 is 0. The molecule has 2 aliphatic rings. The fourth-order valence-corrected chi connectivity index (χ4v) is 4.62. The fourth-order valence-electron chi connectivity index (χ4n) is 4.62. The molecule has 2 aliphatic heterocycles. The molecule has 0 saturated carbocycles. The smallest absolute Gasteiger partial charge is 0.295 e. The molecule has 2 aromatic carbocycles. The Morgan fingerprint density at radius 3 is 2.47 bits per heavy atom. The van der Waals surface area contributed by atoms with Crippen LogP contribution < -0.4 is 9.47 Å². The number of morpholine rings is 1. The number of hydrogen-bond donors (Lipinski definition) is 2. The van der Waals surface area contributed by atoms with Crippen LogP contribution in [0, 0.1) is 0 Å². The van der Waals surface area contributed by atoms with Gasteiger partial charge in [-0.15, -0.1) is 0 Å². The minimum absolute atomic E-state index is 0.00433. The highest BCUT2D eigenvalue weighted by atomic mass is 16.5. The van der Waals surface area contributed by atoms with Crippen LogP contribution in [0.4, 0.5) is 0 Å². The van der Waals surface area contributed by atoms with Crippen molar-refractivity contribution in [3.63, 3.8) is 0 Å². The second-order valence-corrected chi connectivity index (χ2v) is 8.69. The summed E-state index contributed by atoms with van der Waals surface area (Å²) in [5.74, 6) is -0.860. The number of carbonyl (C=O) groups is 2. The van der Waals surface area contributed by atoms with Gasteiger partial charge < -0.3 is 29.3 Å². The molecule has 9 nitrogen and oxygen atoms in total. The number of ether oxygens (including phenoxy) is 3. The van der Waals surface area contributed by atoms with E-state index in [1.54, 1.807) is 43.3 Å². The highest BCUT2D eigenvalue weighted by molar-refractivity contribution is 6.46. The number of aromatic hydroxyl groups is 1. The summed E-state index contributed by atoms with van der Waals surface area (Å²) in [4.78, 5) is 30.2. The van der Waals surface area contributed by atoms with Gasteiger partial charge in [0, 0.05) is 31.7 Å². The number of amides is 1. The Bertz CT molecular complexity index is 1120. The lowest BCUT2D eigenvalue weighted by Crippen LogP contribution is -2.38. The first kappa shape index (κ1) is 25.5. The molecule has 36 heavy (non-hydrogen) atoms. The number of Topliss-reactive ketones (excluding diaryl/α,β-unsaturated/α-hetero) is 1. The topological polar surface area (TPSA) is 109 Å². The van der Waals surface area contributed by atoms with Crippen LogP contribution in [0.2, 0.25) is 0 Å². The number of methoxy groups -OCH3 is 1. The molecule has 2 aromatic rings. The minimum atomic E-state index is -0.823. The second-order valence-electron chi connectivity index (χ2n) is 8.69. The first-order chi connectivity index (χ1) is 17.4. The number of ketones is 1. The molecule has 0 bridgehead atoms. The van der Waals surface area contributed by atoms with Gasteiger partial charge in [0.2, 0.25) is 0 Å². The van der Waals surface area contributed by atoms with Crippen LogP contribution in [-0.4, -0.2) is 84.8 Å². The predicted octanol–water partition coefficient (Wildman–Crippen LogP) is 2.94. The molecule has 1 unspecified atom stereocenters. The lowest BCUT2D eigenvalue weighted by atomic mass is 9.95. The van der Waals surface area contributed by atoms with Gasteiger partial charge in [-0.05, 0) is 55.3 Å². The zero-order valence-electron chi connectivity index (χ0n) is 20.6. The van der Waals surface area contributed by atoms with Crippen LogP contribution in [0.5, 0.6) is 17.2 Å². The summed E-state index contributed by atoms with van der Waals surface area (Å²) in [6, 6.07) is 10.5. The molecular weight excluding hydrogens is 464 g/mol. The first-order valence-electron chi connectivity index (χ1n) is 12.1. The number of aliphatic hydroxyl groups excluding tert-OH is 1. The van der Waals surface area contributed by atoms with Gasteiger partial charge in [-0.25, -0.2) is 0 Å². The Hall–Kier alpha value is -3.56. The summed E-state index contributed by atoms with van der Waals surface area (Å²) in [5.41, 5.74) is 0.970. The minimum Gasteiger partial charge on any atom is -0.507 e. The van der Waals surface area contributed by atoms with Crippen LogP contribution in [0.1, 0.15) is 30.5 Å². The molecule has 2 fully saturated rings. The standard InChI is InChI=1S/C27H32N2O7/c1-3-36-22-17-19(7-10-21(22)30)24-23(25(31)18-5-8-20(34-2)9-6-18)26(32)27(33)29(24)12-4-11-28-13-15-35-16-14-28/h5-10,17,24,30-31H,3-4,11-16H2,1-2H3. The van der Waals surface area contributed by atoms with E-state index < -0.39 is 17.7 Å². The van der Waals surface area contributed by atoms with E-state index in [4.69, 9.17) is 14.2 Å². The van der Waals surface area contributed by atoms with Crippen LogP contribution in [0.15, 0.2) is 48.0 Å². The van der Waals surface area contributed by atoms with E-state index in [-0.39, 0.29) is 22.8 Å². The first-order valence-corrected chi connectivity index (χ1v) is 12.1. The number of nitrogens with zero attached hydrogens (tertiary/aromatic N) is 2. The van der Waals surface area contributed by atoms with Crippen LogP contribution >= 0.6 is 0 Å². The molecule has 0 aliphatic carbocycles. The predicted molar refractivity (Wildman–Crippen MR) is 133 cm³/mol. The van der Waals surface area contributed by atoms with Crippen molar-refractivity contribution in [2.24, 2.45) is 0 Å². The highest BCUT2D eigenvalue weighted by Gasteiger charge is 2.46. The van der Waals surface area contributed by atoms with E-state index in [1.807, 2.05) is 0 Å². The Morgan fingerprint density at radius 1 is 1.08 bits per heavy atom. The van der Waals surface area contributed by atoms with Gasteiger partial charge in [0.15, 0.2) is 11.5 Å². The lowest BCUT2D eigenvalue weighted by Gasteiger charge is -2.29. The zero-order valence-corrected chi connectivity index (χ0v) is 20.6.